The van der Waals surface area contributed by atoms with Gasteiger partial charge < -0.3 is 79.7 Å². The molecule has 2 aliphatic heterocycles. The molecule has 2 rings (SSSR count). The SMILES string of the molecule is C[C@@H]1OC[C@H](O)C(O[C@H](C)C(CO)OC(OC2C(CO)OC(OCCCCCN)C(O)C2O)[C@@H](O)CO)OC1CO. The van der Waals surface area contributed by atoms with Gasteiger partial charge in [-0.1, -0.05) is 0 Å². The van der Waals surface area contributed by atoms with Gasteiger partial charge in [0.05, 0.1) is 45.2 Å². The molecule has 244 valence electrons. The van der Waals surface area contributed by atoms with Gasteiger partial charge in [0.2, 0.25) is 0 Å². The molecule has 2 fully saturated rings. The molecule has 41 heavy (non-hydrogen) atoms. The number of rotatable bonds is 18. The predicted molar refractivity (Wildman–Crippen MR) is 138 cm³/mol. The van der Waals surface area contributed by atoms with Crippen LogP contribution in [0.1, 0.15) is 33.1 Å². The van der Waals surface area contributed by atoms with Crippen LogP contribution in [0.3, 0.4) is 0 Å². The molecule has 13 atom stereocenters. The molecule has 0 aromatic carbocycles. The van der Waals surface area contributed by atoms with Gasteiger partial charge in [0.25, 0.3) is 0 Å². The van der Waals surface area contributed by atoms with Crippen molar-refractivity contribution in [3.63, 3.8) is 0 Å². The van der Waals surface area contributed by atoms with E-state index in [1.807, 2.05) is 0 Å². The van der Waals surface area contributed by atoms with Crippen molar-refractivity contribution in [3.8, 4) is 0 Å². The van der Waals surface area contributed by atoms with Crippen LogP contribution in [0.15, 0.2) is 0 Å². The maximum atomic E-state index is 10.8. The lowest BCUT2D eigenvalue weighted by Gasteiger charge is -2.43. The number of unbranched alkanes of at least 4 members (excludes halogenated alkanes) is 2. The van der Waals surface area contributed by atoms with Gasteiger partial charge in [-0.2, -0.15) is 0 Å². The summed E-state index contributed by atoms with van der Waals surface area (Å²) >= 11 is 0. The average molecular weight is 604 g/mol. The Kier molecular flexibility index (Phi) is 16.8. The van der Waals surface area contributed by atoms with Gasteiger partial charge in [-0.05, 0) is 39.7 Å². The summed E-state index contributed by atoms with van der Waals surface area (Å²) in [4.78, 5) is 0. The summed E-state index contributed by atoms with van der Waals surface area (Å²) in [5.41, 5.74) is 5.47. The van der Waals surface area contributed by atoms with Crippen LogP contribution in [0.25, 0.3) is 0 Å². The quantitative estimate of drug-likeness (QED) is 0.0533. The molecule has 0 spiro atoms. The number of hydrogen-bond donors (Lipinski definition) is 9. The largest absolute Gasteiger partial charge is 0.394 e. The number of aliphatic hydroxyl groups is 8. The van der Waals surface area contributed by atoms with Gasteiger partial charge in [0, 0.05) is 6.61 Å². The molecule has 2 heterocycles. The first-order valence-corrected chi connectivity index (χ1v) is 14.0. The van der Waals surface area contributed by atoms with Gasteiger partial charge in [-0.3, -0.25) is 0 Å². The second kappa shape index (κ2) is 18.9. The predicted octanol–water partition coefficient (Wildman–Crippen LogP) is -4.10. The zero-order valence-electron chi connectivity index (χ0n) is 23.6. The first-order valence-electron chi connectivity index (χ1n) is 14.0. The van der Waals surface area contributed by atoms with Crippen LogP contribution in [0, 0.1) is 0 Å². The Morgan fingerprint density at radius 2 is 1.56 bits per heavy atom. The Balaban J connectivity index is 2.07. The Hall–Kier alpha value is -0.640. The van der Waals surface area contributed by atoms with Crippen LogP contribution in [0.4, 0.5) is 0 Å². The number of nitrogens with two attached hydrogens (primary N) is 1. The second-order valence-electron chi connectivity index (χ2n) is 10.2. The Labute approximate surface area is 239 Å². The minimum atomic E-state index is -1.70. The highest BCUT2D eigenvalue weighted by atomic mass is 16.8. The lowest BCUT2D eigenvalue weighted by molar-refractivity contribution is -0.344. The third-order valence-electron chi connectivity index (χ3n) is 6.96. The van der Waals surface area contributed by atoms with Crippen molar-refractivity contribution in [2.45, 2.75) is 113 Å². The van der Waals surface area contributed by atoms with E-state index in [1.165, 1.54) is 6.92 Å². The molecule has 0 bridgehead atoms. The fourth-order valence-corrected chi connectivity index (χ4v) is 4.33. The summed E-state index contributed by atoms with van der Waals surface area (Å²) in [6.45, 7) is 1.18. The standard InChI is InChI=1S/C25H49NO15/c1-13-17(9-28)38-24(16(32)12-36-13)37-14(2)18(10-29)39-23(15(31)8-27)41-22-19(11-30)40-25(21(34)20(22)33)35-7-5-3-4-6-26/h13-25,27-34H,3-12,26H2,1-2H3/t13-,14+,15-,16-,17?,18?,19?,20?,21?,22?,23?,24?,25?/m0/s1. The Morgan fingerprint density at radius 3 is 2.17 bits per heavy atom. The van der Waals surface area contributed by atoms with E-state index in [1.54, 1.807) is 6.92 Å². The zero-order chi connectivity index (χ0) is 30.5. The molecule has 16 nitrogen and oxygen atoms in total. The van der Waals surface area contributed by atoms with Crippen molar-refractivity contribution < 1.29 is 74.0 Å². The molecule has 10 N–H and O–H groups in total. The fourth-order valence-electron chi connectivity index (χ4n) is 4.33. The molecular weight excluding hydrogens is 554 g/mol. The lowest BCUT2D eigenvalue weighted by Crippen LogP contribution is -2.62. The maximum absolute atomic E-state index is 10.8. The molecule has 0 aromatic heterocycles. The van der Waals surface area contributed by atoms with E-state index in [0.29, 0.717) is 13.0 Å². The Bertz CT molecular complexity index is 693. The van der Waals surface area contributed by atoms with Gasteiger partial charge in [-0.25, -0.2) is 0 Å². The van der Waals surface area contributed by atoms with Crippen molar-refractivity contribution >= 4 is 0 Å². The summed E-state index contributed by atoms with van der Waals surface area (Å²) in [5.74, 6) is 0. The number of hydrogen-bond acceptors (Lipinski definition) is 16. The molecule has 0 aromatic rings. The van der Waals surface area contributed by atoms with E-state index in [0.717, 1.165) is 12.8 Å². The van der Waals surface area contributed by atoms with E-state index >= 15 is 0 Å². The van der Waals surface area contributed by atoms with Crippen molar-refractivity contribution in [1.29, 1.82) is 0 Å². The van der Waals surface area contributed by atoms with Crippen LogP contribution in [-0.2, 0) is 33.2 Å². The highest BCUT2D eigenvalue weighted by Crippen LogP contribution is 2.27. The second-order valence-corrected chi connectivity index (χ2v) is 10.2. The normalized spacial score (nSPS) is 35.9. The van der Waals surface area contributed by atoms with Gasteiger partial charge >= 0.3 is 0 Å². The van der Waals surface area contributed by atoms with Crippen LogP contribution in [0.2, 0.25) is 0 Å². The summed E-state index contributed by atoms with van der Waals surface area (Å²) in [7, 11) is 0. The molecule has 9 unspecified atom stereocenters. The highest BCUT2D eigenvalue weighted by Gasteiger charge is 2.47. The summed E-state index contributed by atoms with van der Waals surface area (Å²) < 4.78 is 39.3. The molecule has 0 aliphatic carbocycles. The average Bonchev–Trinajstić information content (AvgIpc) is 3.10. The number of ether oxygens (including phenoxy) is 7. The zero-order valence-corrected chi connectivity index (χ0v) is 23.6. The van der Waals surface area contributed by atoms with Crippen molar-refractivity contribution in [2.75, 3.05) is 46.2 Å². The first-order chi connectivity index (χ1) is 19.6. The third-order valence-corrected chi connectivity index (χ3v) is 6.96. The van der Waals surface area contributed by atoms with Crippen LogP contribution in [-0.4, -0.2) is 167 Å². The first kappa shape index (κ1) is 36.6. The van der Waals surface area contributed by atoms with E-state index in [4.69, 9.17) is 38.9 Å². The summed E-state index contributed by atoms with van der Waals surface area (Å²) in [6.07, 6.45) is -14.4. The van der Waals surface area contributed by atoms with E-state index in [-0.39, 0.29) is 13.2 Å². The monoisotopic (exact) mass is 603 g/mol. The molecule has 0 saturated carbocycles. The molecule has 0 amide bonds. The van der Waals surface area contributed by atoms with Crippen LogP contribution >= 0.6 is 0 Å². The van der Waals surface area contributed by atoms with E-state index < -0.39 is 106 Å². The highest BCUT2D eigenvalue weighted by molar-refractivity contribution is 4.91. The van der Waals surface area contributed by atoms with Crippen molar-refractivity contribution in [1.82, 2.24) is 0 Å². The van der Waals surface area contributed by atoms with Crippen molar-refractivity contribution in [2.24, 2.45) is 5.73 Å². The van der Waals surface area contributed by atoms with Crippen LogP contribution in [0.5, 0.6) is 0 Å². The van der Waals surface area contributed by atoms with Gasteiger partial charge in [-0.15, -0.1) is 0 Å². The fraction of sp³-hybridized carbons (Fsp3) is 1.00. The molecular formula is C25H49NO15. The summed E-state index contributed by atoms with van der Waals surface area (Å²) in [6, 6.07) is 0. The van der Waals surface area contributed by atoms with E-state index in [2.05, 4.69) is 0 Å². The van der Waals surface area contributed by atoms with Crippen LogP contribution < -0.4 is 5.73 Å². The molecule has 16 heteroatoms. The molecule has 0 radical (unpaired) electrons. The number of aliphatic hydroxyl groups excluding tert-OH is 8. The maximum Gasteiger partial charge on any atom is 0.186 e. The van der Waals surface area contributed by atoms with Crippen molar-refractivity contribution in [3.05, 3.63) is 0 Å². The smallest absolute Gasteiger partial charge is 0.186 e. The summed E-state index contributed by atoms with van der Waals surface area (Å²) in [5, 5.41) is 81.2. The molecule has 2 saturated heterocycles. The minimum absolute atomic E-state index is 0.141. The van der Waals surface area contributed by atoms with E-state index in [9.17, 15) is 40.9 Å². The molecule has 2 aliphatic rings. The third kappa shape index (κ3) is 10.8. The lowest BCUT2D eigenvalue weighted by atomic mass is 9.99. The topological polar surface area (TPSA) is 252 Å². The Morgan fingerprint density at radius 1 is 0.878 bits per heavy atom. The van der Waals surface area contributed by atoms with Gasteiger partial charge in [0.15, 0.2) is 18.9 Å². The minimum Gasteiger partial charge on any atom is -0.394 e. The van der Waals surface area contributed by atoms with Gasteiger partial charge in [0.1, 0.15) is 48.8 Å².